The molecule has 0 bridgehead atoms. The number of aryl methyl sites for hydroxylation is 3. The molecule has 126 valence electrons. The lowest BCUT2D eigenvalue weighted by molar-refractivity contribution is 0.0944. The van der Waals surface area contributed by atoms with Gasteiger partial charge in [-0.05, 0) is 38.1 Å². The zero-order chi connectivity index (χ0) is 17.3. The fourth-order valence-corrected chi connectivity index (χ4v) is 2.81. The fourth-order valence-electron chi connectivity index (χ4n) is 2.81. The number of carbonyl (C=O) groups is 1. The van der Waals surface area contributed by atoms with Crippen LogP contribution >= 0.6 is 0 Å². The number of benzene rings is 1. The maximum Gasteiger partial charge on any atom is 0.267 e. The van der Waals surface area contributed by atoms with Gasteiger partial charge in [-0.3, -0.25) is 4.79 Å². The Balaban J connectivity index is 1.71. The minimum atomic E-state index is -0.109. The van der Waals surface area contributed by atoms with Gasteiger partial charge < -0.3 is 14.6 Å². The Hall–Kier alpha value is -2.83. The third-order valence-corrected chi connectivity index (χ3v) is 4.05. The van der Waals surface area contributed by atoms with E-state index in [1.54, 1.807) is 11.8 Å². The standard InChI is InChI=1S/C17H21N5O2/c1-11-19-12(2)22(20-11)8-7-18-17(23)16-10-13-9-14(24-4)5-6-15(13)21(16)3/h5-6,9-10H,7-8H2,1-4H3,(H,18,23). The van der Waals surface area contributed by atoms with E-state index in [-0.39, 0.29) is 5.91 Å². The maximum absolute atomic E-state index is 12.5. The lowest BCUT2D eigenvalue weighted by Gasteiger charge is -2.07. The summed E-state index contributed by atoms with van der Waals surface area (Å²) >= 11 is 0. The molecule has 0 aliphatic heterocycles. The van der Waals surface area contributed by atoms with E-state index in [9.17, 15) is 4.79 Å². The lowest BCUT2D eigenvalue weighted by atomic mass is 10.2. The van der Waals surface area contributed by atoms with Gasteiger partial charge in [0.1, 0.15) is 23.1 Å². The van der Waals surface area contributed by atoms with Gasteiger partial charge in [-0.15, -0.1) is 0 Å². The van der Waals surface area contributed by atoms with Gasteiger partial charge in [0.25, 0.3) is 5.91 Å². The van der Waals surface area contributed by atoms with E-state index in [0.717, 1.165) is 28.3 Å². The quantitative estimate of drug-likeness (QED) is 0.776. The molecule has 0 atom stereocenters. The van der Waals surface area contributed by atoms with Crippen LogP contribution in [0.15, 0.2) is 24.3 Å². The summed E-state index contributed by atoms with van der Waals surface area (Å²) in [5.74, 6) is 2.25. The molecular weight excluding hydrogens is 306 g/mol. The molecule has 0 radical (unpaired) electrons. The van der Waals surface area contributed by atoms with Crippen LogP contribution in [-0.2, 0) is 13.6 Å². The van der Waals surface area contributed by atoms with E-state index < -0.39 is 0 Å². The zero-order valence-electron chi connectivity index (χ0n) is 14.3. The van der Waals surface area contributed by atoms with Crippen LogP contribution in [0.1, 0.15) is 22.1 Å². The number of nitrogens with zero attached hydrogens (tertiary/aromatic N) is 4. The molecule has 7 nitrogen and oxygen atoms in total. The third kappa shape index (κ3) is 2.97. The maximum atomic E-state index is 12.5. The summed E-state index contributed by atoms with van der Waals surface area (Å²) in [5.41, 5.74) is 1.61. The van der Waals surface area contributed by atoms with E-state index in [1.807, 2.05) is 49.7 Å². The molecule has 0 aliphatic carbocycles. The Labute approximate surface area is 140 Å². The van der Waals surface area contributed by atoms with Gasteiger partial charge in [0.2, 0.25) is 0 Å². The van der Waals surface area contributed by atoms with E-state index in [2.05, 4.69) is 15.4 Å². The number of amides is 1. The van der Waals surface area contributed by atoms with Crippen LogP contribution in [0.3, 0.4) is 0 Å². The molecule has 0 aliphatic rings. The minimum Gasteiger partial charge on any atom is -0.497 e. The van der Waals surface area contributed by atoms with Crippen molar-refractivity contribution in [1.29, 1.82) is 0 Å². The van der Waals surface area contributed by atoms with Gasteiger partial charge in [-0.1, -0.05) is 0 Å². The van der Waals surface area contributed by atoms with Crippen LogP contribution in [0.4, 0.5) is 0 Å². The molecule has 2 aromatic heterocycles. The lowest BCUT2D eigenvalue weighted by Crippen LogP contribution is -2.29. The number of ether oxygens (including phenoxy) is 1. The summed E-state index contributed by atoms with van der Waals surface area (Å²) in [5, 5.41) is 8.20. The molecule has 0 saturated carbocycles. The summed E-state index contributed by atoms with van der Waals surface area (Å²) in [6, 6.07) is 7.64. The fraction of sp³-hybridized carbons (Fsp3) is 0.353. The van der Waals surface area contributed by atoms with Crippen molar-refractivity contribution in [3.05, 3.63) is 41.6 Å². The largest absolute Gasteiger partial charge is 0.497 e. The van der Waals surface area contributed by atoms with Crippen LogP contribution < -0.4 is 10.1 Å². The molecule has 0 spiro atoms. The molecule has 1 aromatic carbocycles. The Bertz CT molecular complexity index is 894. The third-order valence-electron chi connectivity index (χ3n) is 4.05. The highest BCUT2D eigenvalue weighted by molar-refractivity contribution is 5.99. The van der Waals surface area contributed by atoms with Gasteiger partial charge in [0, 0.05) is 24.5 Å². The van der Waals surface area contributed by atoms with Crippen molar-refractivity contribution in [2.75, 3.05) is 13.7 Å². The zero-order valence-corrected chi connectivity index (χ0v) is 14.3. The smallest absolute Gasteiger partial charge is 0.267 e. The highest BCUT2D eigenvalue weighted by Gasteiger charge is 2.13. The van der Waals surface area contributed by atoms with Gasteiger partial charge in [-0.2, -0.15) is 5.10 Å². The first-order valence-corrected chi connectivity index (χ1v) is 7.79. The van der Waals surface area contributed by atoms with Crippen LogP contribution in [0.5, 0.6) is 5.75 Å². The first kappa shape index (κ1) is 16.0. The molecular formula is C17H21N5O2. The molecule has 3 aromatic rings. The number of hydrogen-bond acceptors (Lipinski definition) is 4. The number of methoxy groups -OCH3 is 1. The van der Waals surface area contributed by atoms with Crippen molar-refractivity contribution in [3.8, 4) is 5.75 Å². The molecule has 1 amide bonds. The molecule has 24 heavy (non-hydrogen) atoms. The molecule has 0 fully saturated rings. The Morgan fingerprint density at radius 2 is 2.08 bits per heavy atom. The van der Waals surface area contributed by atoms with Gasteiger partial charge in [-0.25, -0.2) is 9.67 Å². The number of fused-ring (bicyclic) bond motifs is 1. The average Bonchev–Trinajstić information content (AvgIpc) is 3.06. The monoisotopic (exact) mass is 327 g/mol. The highest BCUT2D eigenvalue weighted by atomic mass is 16.5. The molecule has 0 saturated heterocycles. The van der Waals surface area contributed by atoms with E-state index in [1.165, 1.54) is 0 Å². The van der Waals surface area contributed by atoms with E-state index >= 15 is 0 Å². The van der Waals surface area contributed by atoms with Crippen molar-refractivity contribution >= 4 is 16.8 Å². The number of hydrogen-bond donors (Lipinski definition) is 1. The summed E-state index contributed by atoms with van der Waals surface area (Å²) in [7, 11) is 3.51. The SMILES string of the molecule is COc1ccc2c(c1)cc(C(=O)NCCn1nc(C)nc1C)n2C. The second-order valence-electron chi connectivity index (χ2n) is 5.70. The number of nitrogens with one attached hydrogen (secondary N) is 1. The van der Waals surface area contributed by atoms with Crippen LogP contribution in [-0.4, -0.2) is 38.9 Å². The molecule has 1 N–H and O–H groups in total. The predicted octanol–water partition coefficient (Wildman–Crippen LogP) is 1.83. The van der Waals surface area contributed by atoms with Crippen molar-refractivity contribution < 1.29 is 9.53 Å². The molecule has 0 unspecified atom stereocenters. The number of rotatable bonds is 5. The van der Waals surface area contributed by atoms with Crippen LogP contribution in [0, 0.1) is 13.8 Å². The van der Waals surface area contributed by atoms with Crippen LogP contribution in [0.25, 0.3) is 10.9 Å². The van der Waals surface area contributed by atoms with Gasteiger partial charge in [0.15, 0.2) is 0 Å². The van der Waals surface area contributed by atoms with Crippen molar-refractivity contribution in [2.45, 2.75) is 20.4 Å². The van der Waals surface area contributed by atoms with E-state index in [0.29, 0.717) is 18.8 Å². The first-order chi connectivity index (χ1) is 11.5. The summed E-state index contributed by atoms with van der Waals surface area (Å²) in [6.45, 7) is 4.84. The normalized spacial score (nSPS) is 11.0. The molecule has 7 heteroatoms. The number of carbonyl (C=O) groups excluding carboxylic acids is 1. The molecule has 3 rings (SSSR count). The first-order valence-electron chi connectivity index (χ1n) is 7.79. The molecule has 2 heterocycles. The highest BCUT2D eigenvalue weighted by Crippen LogP contribution is 2.23. The summed E-state index contributed by atoms with van der Waals surface area (Å²) < 4.78 is 8.91. The van der Waals surface area contributed by atoms with Crippen molar-refractivity contribution in [2.24, 2.45) is 7.05 Å². The van der Waals surface area contributed by atoms with Crippen LogP contribution in [0.2, 0.25) is 0 Å². The minimum absolute atomic E-state index is 0.109. The Kier molecular flexibility index (Phi) is 4.24. The second kappa shape index (κ2) is 6.35. The Morgan fingerprint density at radius 3 is 2.75 bits per heavy atom. The Morgan fingerprint density at radius 1 is 1.29 bits per heavy atom. The summed E-state index contributed by atoms with van der Waals surface area (Å²) in [4.78, 5) is 16.7. The predicted molar refractivity (Wildman–Crippen MR) is 91.3 cm³/mol. The van der Waals surface area contributed by atoms with Crippen molar-refractivity contribution in [3.63, 3.8) is 0 Å². The van der Waals surface area contributed by atoms with Gasteiger partial charge >= 0.3 is 0 Å². The summed E-state index contributed by atoms with van der Waals surface area (Å²) in [6.07, 6.45) is 0. The van der Waals surface area contributed by atoms with Gasteiger partial charge in [0.05, 0.1) is 13.7 Å². The second-order valence-corrected chi connectivity index (χ2v) is 5.70. The average molecular weight is 327 g/mol. The van der Waals surface area contributed by atoms with E-state index in [4.69, 9.17) is 4.74 Å². The number of aromatic nitrogens is 4. The van der Waals surface area contributed by atoms with Crippen molar-refractivity contribution in [1.82, 2.24) is 24.6 Å². The topological polar surface area (TPSA) is 74.0 Å².